The number of carbonyl (C=O) groups excluding carboxylic acids is 2. The highest BCUT2D eigenvalue weighted by atomic mass is 16.5. The molecule has 47 heavy (non-hydrogen) atoms. The number of ether oxygens (including phenoxy) is 1. The fourth-order valence-electron chi connectivity index (χ4n) is 5.72. The molecule has 1 fully saturated rings. The molecule has 3 atom stereocenters. The molecule has 1 amide bonds. The Morgan fingerprint density at radius 1 is 0.894 bits per heavy atom. The molecule has 0 radical (unpaired) electrons. The van der Waals surface area contributed by atoms with Gasteiger partial charge in [-0.25, -0.2) is 4.79 Å². The number of nitrogens with zero attached hydrogens (tertiary/aromatic N) is 1. The van der Waals surface area contributed by atoms with Crippen LogP contribution < -0.4 is 5.32 Å². The van der Waals surface area contributed by atoms with Gasteiger partial charge in [-0.05, 0) is 77.2 Å². The summed E-state index contributed by atoms with van der Waals surface area (Å²) in [5, 5.41) is 20.8. The summed E-state index contributed by atoms with van der Waals surface area (Å²) in [7, 11) is 0. The Hall–Kier alpha value is -3.20. The van der Waals surface area contributed by atoms with E-state index in [2.05, 4.69) is 24.4 Å². The van der Waals surface area contributed by atoms with Crippen molar-refractivity contribution in [3.05, 3.63) is 48.0 Å². The summed E-state index contributed by atoms with van der Waals surface area (Å²) >= 11 is 0. The molecule has 0 aromatic heterocycles. The first-order valence-electron chi connectivity index (χ1n) is 18.1. The highest BCUT2D eigenvalue weighted by Gasteiger charge is 2.37. The van der Waals surface area contributed by atoms with Crippen LogP contribution in [-0.2, 0) is 30.3 Å². The molecule has 0 saturated carbocycles. The smallest absolute Gasteiger partial charge is 0.326 e. The van der Waals surface area contributed by atoms with Crippen molar-refractivity contribution in [3.63, 3.8) is 0 Å². The van der Waals surface area contributed by atoms with E-state index >= 15 is 0 Å². The number of amides is 1. The van der Waals surface area contributed by atoms with Gasteiger partial charge in [0.1, 0.15) is 12.1 Å². The number of carboxylic acids is 2. The Balaban J connectivity index is 0.000000494. The maximum absolute atomic E-state index is 12.7. The van der Waals surface area contributed by atoms with E-state index in [4.69, 9.17) is 9.84 Å². The second-order valence-corrected chi connectivity index (χ2v) is 12.5. The monoisotopic (exact) mass is 658 g/mol. The van der Waals surface area contributed by atoms with Crippen LogP contribution in [0.2, 0.25) is 0 Å². The number of carbonyl (C=O) groups is 4. The predicted octanol–water partition coefficient (Wildman–Crippen LogP) is 7.71. The Morgan fingerprint density at radius 2 is 1.49 bits per heavy atom. The molecular formula is C38H62N2O7. The standard InChI is InChI=1S/C20H28N2O5.C18H34O2/c1-3-27-20(26)16(12-11-15-8-5-4-6-9-15)21-14(2)18(23)22-13-7-10-17(22)19(24)25;1-2-3-4-5-6-7-8-9-10-11-12-13-14-15-16-17-18(19)20/h4-6,8-9,14,16-17,21H,3,7,10-13H2,1-2H3,(H,24,25);9-10H,2-8,11-17H2,1H3,(H,19,20)/t14-,16-,17-;/m0./s1. The van der Waals surface area contributed by atoms with Crippen LogP contribution in [-0.4, -0.2) is 70.2 Å². The number of allylic oxidation sites excluding steroid dienone is 2. The van der Waals surface area contributed by atoms with Gasteiger partial charge in [-0.2, -0.15) is 0 Å². The predicted molar refractivity (Wildman–Crippen MR) is 187 cm³/mol. The summed E-state index contributed by atoms with van der Waals surface area (Å²) in [6.45, 7) is 6.35. The number of aryl methyl sites for hydroxylation is 1. The molecule has 1 aromatic carbocycles. The van der Waals surface area contributed by atoms with Crippen molar-refractivity contribution in [1.82, 2.24) is 10.2 Å². The third kappa shape index (κ3) is 19.9. The van der Waals surface area contributed by atoms with Crippen LogP contribution in [0.1, 0.15) is 135 Å². The lowest BCUT2D eigenvalue weighted by Crippen LogP contribution is -2.53. The largest absolute Gasteiger partial charge is 0.481 e. The van der Waals surface area contributed by atoms with Crippen molar-refractivity contribution < 1.29 is 34.1 Å². The third-order valence-corrected chi connectivity index (χ3v) is 8.43. The van der Waals surface area contributed by atoms with Crippen LogP contribution in [0.4, 0.5) is 0 Å². The summed E-state index contributed by atoms with van der Waals surface area (Å²) in [4.78, 5) is 48.0. The van der Waals surface area contributed by atoms with Crippen molar-refractivity contribution in [3.8, 4) is 0 Å². The van der Waals surface area contributed by atoms with Gasteiger partial charge in [-0.3, -0.25) is 19.7 Å². The lowest BCUT2D eigenvalue weighted by Gasteiger charge is -2.27. The van der Waals surface area contributed by atoms with Gasteiger partial charge in [0.25, 0.3) is 0 Å². The molecule has 1 aliphatic rings. The molecule has 1 saturated heterocycles. The molecule has 0 unspecified atom stereocenters. The van der Waals surface area contributed by atoms with Crippen molar-refractivity contribution >= 4 is 23.8 Å². The molecule has 9 heteroatoms. The molecule has 1 aliphatic heterocycles. The zero-order valence-corrected chi connectivity index (χ0v) is 29.3. The first-order valence-corrected chi connectivity index (χ1v) is 18.1. The lowest BCUT2D eigenvalue weighted by molar-refractivity contribution is -0.150. The normalized spacial score (nSPS) is 15.6. The molecule has 0 bridgehead atoms. The number of hydrogen-bond acceptors (Lipinski definition) is 6. The summed E-state index contributed by atoms with van der Waals surface area (Å²) in [6, 6.07) is 7.69. The Kier molecular flexibility index (Phi) is 23.9. The summed E-state index contributed by atoms with van der Waals surface area (Å²) in [5.41, 5.74) is 1.10. The van der Waals surface area contributed by atoms with Crippen LogP contribution in [0.5, 0.6) is 0 Å². The van der Waals surface area contributed by atoms with Crippen molar-refractivity contribution in [2.45, 2.75) is 154 Å². The summed E-state index contributed by atoms with van der Waals surface area (Å²) in [6.07, 6.45) is 23.5. The Labute approximate surface area is 283 Å². The van der Waals surface area contributed by atoms with Gasteiger partial charge in [0.2, 0.25) is 5.91 Å². The number of hydrogen-bond donors (Lipinski definition) is 3. The lowest BCUT2D eigenvalue weighted by atomic mass is 10.0. The number of rotatable bonds is 24. The molecule has 266 valence electrons. The van der Waals surface area contributed by atoms with Crippen molar-refractivity contribution in [2.75, 3.05) is 13.2 Å². The highest BCUT2D eigenvalue weighted by molar-refractivity contribution is 5.88. The molecule has 3 N–H and O–H groups in total. The second-order valence-electron chi connectivity index (χ2n) is 12.5. The van der Waals surface area contributed by atoms with Gasteiger partial charge >= 0.3 is 17.9 Å². The zero-order valence-electron chi connectivity index (χ0n) is 29.3. The van der Waals surface area contributed by atoms with Gasteiger partial charge in [-0.1, -0.05) is 101 Å². The fraction of sp³-hybridized carbons (Fsp3) is 0.684. The molecule has 9 nitrogen and oxygen atoms in total. The number of benzene rings is 1. The number of nitrogens with one attached hydrogen (secondary N) is 1. The summed E-state index contributed by atoms with van der Waals surface area (Å²) < 4.78 is 5.14. The highest BCUT2D eigenvalue weighted by Crippen LogP contribution is 2.19. The second kappa shape index (κ2) is 26.8. The maximum Gasteiger partial charge on any atom is 0.326 e. The Morgan fingerprint density at radius 3 is 2.06 bits per heavy atom. The first kappa shape index (κ1) is 41.8. The molecular weight excluding hydrogens is 596 g/mol. The van der Waals surface area contributed by atoms with Crippen LogP contribution >= 0.6 is 0 Å². The average molecular weight is 659 g/mol. The van der Waals surface area contributed by atoms with Gasteiger partial charge in [-0.15, -0.1) is 0 Å². The quantitative estimate of drug-likeness (QED) is 0.0584. The van der Waals surface area contributed by atoms with E-state index < -0.39 is 36.0 Å². The van der Waals surface area contributed by atoms with Gasteiger partial charge in [0.15, 0.2) is 0 Å². The van der Waals surface area contributed by atoms with E-state index in [0.29, 0.717) is 38.6 Å². The van der Waals surface area contributed by atoms with E-state index in [1.54, 1.807) is 13.8 Å². The molecule has 0 aliphatic carbocycles. The van der Waals surface area contributed by atoms with Crippen LogP contribution in [0.15, 0.2) is 42.5 Å². The van der Waals surface area contributed by atoms with Gasteiger partial charge < -0.3 is 19.8 Å². The minimum atomic E-state index is -0.987. The minimum absolute atomic E-state index is 0.262. The van der Waals surface area contributed by atoms with E-state index in [9.17, 15) is 24.3 Å². The topological polar surface area (TPSA) is 133 Å². The number of aliphatic carboxylic acids is 2. The van der Waals surface area contributed by atoms with Crippen molar-refractivity contribution in [2.24, 2.45) is 0 Å². The van der Waals surface area contributed by atoms with E-state index in [1.165, 1.54) is 75.5 Å². The van der Waals surface area contributed by atoms with Crippen LogP contribution in [0, 0.1) is 0 Å². The molecule has 2 rings (SSSR count). The van der Waals surface area contributed by atoms with E-state index in [-0.39, 0.29) is 12.5 Å². The molecule has 1 aromatic rings. The first-order chi connectivity index (χ1) is 22.7. The number of likely N-dealkylation sites (tertiary alicyclic amines) is 1. The number of unbranched alkanes of at least 4 members (excludes halogenated alkanes) is 11. The minimum Gasteiger partial charge on any atom is -0.481 e. The average Bonchev–Trinajstić information content (AvgIpc) is 3.56. The Bertz CT molecular complexity index is 1030. The molecule has 0 spiro atoms. The van der Waals surface area contributed by atoms with Gasteiger partial charge in [0, 0.05) is 13.0 Å². The maximum atomic E-state index is 12.7. The van der Waals surface area contributed by atoms with Crippen LogP contribution in [0.3, 0.4) is 0 Å². The fourth-order valence-corrected chi connectivity index (χ4v) is 5.72. The van der Waals surface area contributed by atoms with Crippen molar-refractivity contribution in [1.29, 1.82) is 0 Å². The van der Waals surface area contributed by atoms with E-state index in [1.807, 2.05) is 30.3 Å². The molecule has 1 heterocycles. The van der Waals surface area contributed by atoms with Gasteiger partial charge in [0.05, 0.1) is 12.6 Å². The number of esters is 1. The number of carboxylic acid groups (broad SMARTS) is 2. The SMILES string of the molecule is CCCCCCCCC=CCCCCCCCC(=O)O.CCOC(=O)[C@H](CCc1ccccc1)N[C@@H](C)C(=O)N1CCC[C@H]1C(=O)O. The summed E-state index contributed by atoms with van der Waals surface area (Å²) in [5.74, 6) is -2.35. The third-order valence-electron chi connectivity index (χ3n) is 8.43. The van der Waals surface area contributed by atoms with Crippen LogP contribution in [0.25, 0.3) is 0 Å². The van der Waals surface area contributed by atoms with E-state index in [0.717, 1.165) is 18.4 Å². The zero-order chi connectivity index (χ0) is 34.7.